The molecule has 0 fully saturated rings. The molecule has 110 valence electrons. The summed E-state index contributed by atoms with van der Waals surface area (Å²) in [6, 6.07) is 4.11. The first kappa shape index (κ1) is 14.9. The Morgan fingerprint density at radius 1 is 1.24 bits per heavy atom. The first-order chi connectivity index (χ1) is 9.86. The number of alkyl halides is 3. The molecule has 2 heterocycles. The largest absolute Gasteiger partial charge is 0.481 e. The van der Waals surface area contributed by atoms with Crippen molar-refractivity contribution < 1.29 is 27.6 Å². The Labute approximate surface area is 117 Å². The molecule has 0 aromatic carbocycles. The van der Waals surface area contributed by atoms with Crippen LogP contribution in [0.25, 0.3) is 11.1 Å². The van der Waals surface area contributed by atoms with Gasteiger partial charge in [0, 0.05) is 17.7 Å². The number of aryl methyl sites for hydroxylation is 1. The zero-order valence-electron chi connectivity index (χ0n) is 10.7. The minimum absolute atomic E-state index is 0.0287. The molecule has 0 saturated heterocycles. The van der Waals surface area contributed by atoms with Crippen LogP contribution in [-0.2, 0) is 17.5 Å². The van der Waals surface area contributed by atoms with Crippen molar-refractivity contribution in [3.63, 3.8) is 0 Å². The summed E-state index contributed by atoms with van der Waals surface area (Å²) in [6.45, 7) is 0.290. The molecule has 1 N–H and O–H groups in total. The molecule has 0 radical (unpaired) electrons. The molecular weight excluding hydrogens is 287 g/mol. The van der Waals surface area contributed by atoms with Crippen LogP contribution in [-0.4, -0.2) is 21.3 Å². The highest BCUT2D eigenvalue weighted by Gasteiger charge is 2.33. The number of aliphatic carboxylic acids is 1. The maximum atomic E-state index is 12.6. The van der Waals surface area contributed by atoms with Crippen LogP contribution in [0.2, 0.25) is 0 Å². The molecule has 0 spiro atoms. The van der Waals surface area contributed by atoms with E-state index in [4.69, 9.17) is 5.11 Å². The second-order valence-corrected chi connectivity index (χ2v) is 4.30. The van der Waals surface area contributed by atoms with Gasteiger partial charge >= 0.3 is 12.1 Å². The number of halogens is 3. The van der Waals surface area contributed by atoms with Crippen molar-refractivity contribution in [2.75, 3.05) is 0 Å². The summed E-state index contributed by atoms with van der Waals surface area (Å²) in [5.41, 5.74) is -0.215. The van der Waals surface area contributed by atoms with Crippen LogP contribution in [0.5, 0.6) is 0 Å². The van der Waals surface area contributed by atoms with E-state index in [0.717, 1.165) is 6.07 Å². The first-order valence-corrected chi connectivity index (χ1v) is 5.97. The van der Waals surface area contributed by atoms with Crippen molar-refractivity contribution >= 4 is 5.97 Å². The summed E-state index contributed by atoms with van der Waals surface area (Å²) in [7, 11) is 0. The third-order valence-corrected chi connectivity index (χ3v) is 2.75. The smallest absolute Gasteiger partial charge is 0.435 e. The molecule has 8 heteroatoms. The van der Waals surface area contributed by atoms with E-state index in [9.17, 15) is 18.0 Å². The molecule has 5 nitrogen and oxygen atoms in total. The number of carboxylic acids is 1. The van der Waals surface area contributed by atoms with Crippen LogP contribution < -0.4 is 4.57 Å². The van der Waals surface area contributed by atoms with Gasteiger partial charge in [0.25, 0.3) is 0 Å². The molecule has 0 unspecified atom stereocenters. The van der Waals surface area contributed by atoms with Crippen molar-refractivity contribution in [3.8, 4) is 11.1 Å². The molecule has 0 bridgehead atoms. The number of carbonyl (C=O) groups is 1. The van der Waals surface area contributed by atoms with Gasteiger partial charge in [0.1, 0.15) is 6.42 Å². The Morgan fingerprint density at radius 3 is 2.48 bits per heavy atom. The zero-order chi connectivity index (χ0) is 15.5. The van der Waals surface area contributed by atoms with Crippen molar-refractivity contribution in [2.24, 2.45) is 0 Å². The third-order valence-electron chi connectivity index (χ3n) is 2.75. The third kappa shape index (κ3) is 3.98. The lowest BCUT2D eigenvalue weighted by atomic mass is 10.1. The van der Waals surface area contributed by atoms with Gasteiger partial charge in [-0.25, -0.2) is 4.57 Å². The van der Waals surface area contributed by atoms with Gasteiger partial charge in [-0.05, 0) is 11.6 Å². The number of rotatable bonds is 4. The fourth-order valence-electron chi connectivity index (χ4n) is 1.69. The van der Waals surface area contributed by atoms with E-state index in [-0.39, 0.29) is 13.0 Å². The predicted octanol–water partition coefficient (Wildman–Crippen LogP) is 1.92. The van der Waals surface area contributed by atoms with Crippen LogP contribution in [0.1, 0.15) is 12.1 Å². The number of hydrogen-bond donors (Lipinski definition) is 1. The highest BCUT2D eigenvalue weighted by molar-refractivity contribution is 5.66. The molecule has 0 aliphatic rings. The topological polar surface area (TPSA) is 67.0 Å². The Bertz CT molecular complexity index is 642. The number of pyridine rings is 1. The molecule has 0 saturated carbocycles. The minimum atomic E-state index is -4.54. The second-order valence-electron chi connectivity index (χ2n) is 4.30. The Kier molecular flexibility index (Phi) is 4.15. The quantitative estimate of drug-likeness (QED) is 0.876. The lowest BCUT2D eigenvalue weighted by Crippen LogP contribution is -2.33. The van der Waals surface area contributed by atoms with Gasteiger partial charge in [-0.15, -0.1) is 5.10 Å². The van der Waals surface area contributed by atoms with Gasteiger partial charge < -0.3 is 5.11 Å². The number of aromatic nitrogens is 3. The van der Waals surface area contributed by atoms with Crippen LogP contribution >= 0.6 is 0 Å². The molecule has 2 rings (SSSR count). The lowest BCUT2D eigenvalue weighted by Gasteiger charge is -2.06. The monoisotopic (exact) mass is 298 g/mol. The van der Waals surface area contributed by atoms with Crippen LogP contribution in [0.4, 0.5) is 13.2 Å². The SMILES string of the molecule is O=C(O)CC[n+]1ccc(-c2cnnc(C(F)(F)F)c2)cc1. The summed E-state index contributed by atoms with van der Waals surface area (Å²) in [5.74, 6) is -0.917. The van der Waals surface area contributed by atoms with E-state index < -0.39 is 17.8 Å². The lowest BCUT2D eigenvalue weighted by molar-refractivity contribution is -0.695. The van der Waals surface area contributed by atoms with E-state index in [2.05, 4.69) is 10.2 Å². The van der Waals surface area contributed by atoms with Crippen LogP contribution in [0, 0.1) is 0 Å². The summed E-state index contributed by atoms with van der Waals surface area (Å²) in [6.07, 6.45) is -0.123. The summed E-state index contributed by atoms with van der Waals surface area (Å²) < 4.78 is 39.3. The first-order valence-electron chi connectivity index (χ1n) is 5.97. The second kappa shape index (κ2) is 5.86. The number of hydrogen-bond acceptors (Lipinski definition) is 3. The fraction of sp³-hybridized carbons (Fsp3) is 0.231. The van der Waals surface area contributed by atoms with Crippen LogP contribution in [0.3, 0.4) is 0 Å². The predicted molar refractivity (Wildman–Crippen MR) is 64.9 cm³/mol. The Morgan fingerprint density at radius 2 is 1.90 bits per heavy atom. The van der Waals surface area contributed by atoms with E-state index in [1.807, 2.05) is 0 Å². The highest BCUT2D eigenvalue weighted by Crippen LogP contribution is 2.29. The Balaban J connectivity index is 2.21. The summed E-state index contributed by atoms with van der Waals surface area (Å²) in [5, 5.41) is 15.0. The molecule has 0 atom stereocenters. The molecule has 2 aromatic heterocycles. The zero-order valence-corrected chi connectivity index (χ0v) is 10.7. The van der Waals surface area contributed by atoms with Gasteiger partial charge in [0.15, 0.2) is 24.6 Å². The summed E-state index contributed by atoms with van der Waals surface area (Å²) >= 11 is 0. The van der Waals surface area contributed by atoms with Gasteiger partial charge in [-0.1, -0.05) is 0 Å². The summed E-state index contributed by atoms with van der Waals surface area (Å²) in [4.78, 5) is 10.5. The average molecular weight is 298 g/mol. The van der Waals surface area contributed by atoms with Gasteiger partial charge in [-0.2, -0.15) is 18.3 Å². The van der Waals surface area contributed by atoms with E-state index in [0.29, 0.717) is 11.1 Å². The number of nitrogens with zero attached hydrogens (tertiary/aromatic N) is 3. The maximum absolute atomic E-state index is 12.6. The molecule has 2 aromatic rings. The molecule has 0 amide bonds. The maximum Gasteiger partial charge on any atom is 0.435 e. The van der Waals surface area contributed by atoms with Crippen molar-refractivity contribution in [2.45, 2.75) is 19.1 Å². The van der Waals surface area contributed by atoms with Crippen molar-refractivity contribution in [1.82, 2.24) is 10.2 Å². The van der Waals surface area contributed by atoms with Gasteiger partial charge in [0.2, 0.25) is 0 Å². The normalized spacial score (nSPS) is 11.4. The fourth-order valence-corrected chi connectivity index (χ4v) is 1.69. The van der Waals surface area contributed by atoms with E-state index >= 15 is 0 Å². The minimum Gasteiger partial charge on any atom is -0.481 e. The van der Waals surface area contributed by atoms with Gasteiger partial charge in [-0.3, -0.25) is 4.79 Å². The number of carboxylic acid groups (broad SMARTS) is 1. The molecule has 0 aliphatic carbocycles. The average Bonchev–Trinajstić information content (AvgIpc) is 2.45. The van der Waals surface area contributed by atoms with Crippen molar-refractivity contribution in [3.05, 3.63) is 42.5 Å². The highest BCUT2D eigenvalue weighted by atomic mass is 19.4. The standard InChI is InChI=1S/C13H10F3N3O2/c14-13(15,16)11-7-10(8-17-18-11)9-1-4-19(5-2-9)6-3-12(20)21/h1-2,4-5,7-8H,3,6H2/p+1. The molecule has 0 aliphatic heterocycles. The van der Waals surface area contributed by atoms with Crippen LogP contribution in [0.15, 0.2) is 36.8 Å². The molecule has 21 heavy (non-hydrogen) atoms. The van der Waals surface area contributed by atoms with E-state index in [1.165, 1.54) is 6.20 Å². The molecular formula is C13H11F3N3O2+. The Hall–Kier alpha value is -2.51. The van der Waals surface area contributed by atoms with Gasteiger partial charge in [0.05, 0.1) is 6.20 Å². The van der Waals surface area contributed by atoms with E-state index in [1.54, 1.807) is 29.1 Å². The van der Waals surface area contributed by atoms with Crippen molar-refractivity contribution in [1.29, 1.82) is 0 Å².